The lowest BCUT2D eigenvalue weighted by molar-refractivity contribution is 0.154. The van der Waals surface area contributed by atoms with Gasteiger partial charge in [0.15, 0.2) is 0 Å². The Morgan fingerprint density at radius 3 is 2.62 bits per heavy atom. The zero-order chi connectivity index (χ0) is 9.94. The molecule has 2 heteroatoms. The molecule has 0 aromatic carbocycles. The van der Waals surface area contributed by atoms with Gasteiger partial charge in [-0.3, -0.25) is 0 Å². The largest absolute Gasteiger partial charge is 0.384 e. The van der Waals surface area contributed by atoms with Gasteiger partial charge in [0.1, 0.15) is 0 Å². The van der Waals surface area contributed by atoms with Crippen molar-refractivity contribution < 1.29 is 4.74 Å². The predicted octanol–water partition coefficient (Wildman–Crippen LogP) is 2.44. The van der Waals surface area contributed by atoms with Gasteiger partial charge in [0.2, 0.25) is 0 Å². The van der Waals surface area contributed by atoms with Gasteiger partial charge in [0, 0.05) is 13.7 Å². The molecule has 1 unspecified atom stereocenters. The Morgan fingerprint density at radius 2 is 2.00 bits per heavy atom. The molecule has 0 amide bonds. The highest BCUT2D eigenvalue weighted by atomic mass is 16.5. The van der Waals surface area contributed by atoms with Gasteiger partial charge in [-0.25, -0.2) is 0 Å². The molecule has 0 bridgehead atoms. The van der Waals surface area contributed by atoms with Gasteiger partial charge in [-0.15, -0.1) is 0 Å². The van der Waals surface area contributed by atoms with Gasteiger partial charge in [0.25, 0.3) is 0 Å². The minimum atomic E-state index is 0.719. The normalized spacial score (nSPS) is 13.2. The van der Waals surface area contributed by atoms with Crippen molar-refractivity contribution in [3.05, 3.63) is 0 Å². The summed E-state index contributed by atoms with van der Waals surface area (Å²) in [6.45, 7) is 7.69. The zero-order valence-corrected chi connectivity index (χ0v) is 9.44. The maximum absolute atomic E-state index is 5.08. The minimum Gasteiger partial charge on any atom is -0.384 e. The number of unbranched alkanes of at least 4 members (excludes halogenated alkanes) is 1. The Morgan fingerprint density at radius 1 is 1.23 bits per heavy atom. The molecule has 0 aromatic rings. The fourth-order valence-corrected chi connectivity index (χ4v) is 1.41. The molecule has 1 atom stereocenters. The van der Waals surface area contributed by atoms with Crippen LogP contribution in [0.1, 0.15) is 39.5 Å². The molecule has 0 spiro atoms. The lowest BCUT2D eigenvalue weighted by atomic mass is 10.1. The van der Waals surface area contributed by atoms with E-state index in [0.717, 1.165) is 19.1 Å². The summed E-state index contributed by atoms with van der Waals surface area (Å²) < 4.78 is 5.08. The second-order valence-corrected chi connectivity index (χ2v) is 3.81. The lowest BCUT2D eigenvalue weighted by Crippen LogP contribution is -2.16. The first kappa shape index (κ1) is 12.9. The van der Waals surface area contributed by atoms with Crippen molar-refractivity contribution in [2.75, 3.05) is 26.8 Å². The van der Waals surface area contributed by atoms with Crippen molar-refractivity contribution in [1.29, 1.82) is 0 Å². The first-order valence-electron chi connectivity index (χ1n) is 5.50. The van der Waals surface area contributed by atoms with Crippen molar-refractivity contribution in [1.82, 2.24) is 5.32 Å². The Balaban J connectivity index is 2.97. The number of hydrogen-bond donors (Lipinski definition) is 1. The van der Waals surface area contributed by atoms with Crippen LogP contribution in [0.2, 0.25) is 0 Å². The highest BCUT2D eigenvalue weighted by molar-refractivity contribution is 4.53. The third-order valence-corrected chi connectivity index (χ3v) is 2.18. The Hall–Kier alpha value is -0.0800. The van der Waals surface area contributed by atoms with E-state index >= 15 is 0 Å². The maximum atomic E-state index is 5.08. The molecule has 0 saturated carbocycles. The summed E-state index contributed by atoms with van der Waals surface area (Å²) in [5, 5.41) is 3.41. The number of ether oxygens (including phenoxy) is 1. The smallest absolute Gasteiger partial charge is 0.0487 e. The maximum Gasteiger partial charge on any atom is 0.0487 e. The van der Waals surface area contributed by atoms with Gasteiger partial charge < -0.3 is 10.1 Å². The van der Waals surface area contributed by atoms with Gasteiger partial charge in [-0.05, 0) is 38.3 Å². The predicted molar refractivity (Wildman–Crippen MR) is 58.1 cm³/mol. The molecule has 2 nitrogen and oxygen atoms in total. The number of rotatable bonds is 9. The van der Waals surface area contributed by atoms with Crippen LogP contribution in [0.15, 0.2) is 0 Å². The quantitative estimate of drug-likeness (QED) is 0.560. The second kappa shape index (κ2) is 10.0. The van der Waals surface area contributed by atoms with Crippen LogP contribution in [-0.4, -0.2) is 26.8 Å². The highest BCUT2D eigenvalue weighted by Crippen LogP contribution is 2.06. The van der Waals surface area contributed by atoms with E-state index in [1.807, 2.05) is 0 Å². The Bertz CT molecular complexity index is 96.1. The molecule has 0 aliphatic rings. The molecule has 13 heavy (non-hydrogen) atoms. The summed E-state index contributed by atoms with van der Waals surface area (Å²) >= 11 is 0. The average molecular weight is 187 g/mol. The van der Waals surface area contributed by atoms with Gasteiger partial charge in [-0.1, -0.05) is 20.3 Å². The fourth-order valence-electron chi connectivity index (χ4n) is 1.41. The summed E-state index contributed by atoms with van der Waals surface area (Å²) in [5.74, 6) is 0.719. The molecule has 0 aliphatic carbocycles. The van der Waals surface area contributed by atoms with Crippen molar-refractivity contribution >= 4 is 0 Å². The molecule has 0 saturated heterocycles. The Kier molecular flexibility index (Phi) is 9.94. The van der Waals surface area contributed by atoms with Crippen molar-refractivity contribution in [2.24, 2.45) is 5.92 Å². The van der Waals surface area contributed by atoms with Crippen LogP contribution >= 0.6 is 0 Å². The standard InChI is InChI=1S/C11H25NO/c1-4-8-12-9-6-5-7-11(2)10-13-3/h11-12H,4-10H2,1-3H3. The summed E-state index contributed by atoms with van der Waals surface area (Å²) in [7, 11) is 1.78. The van der Waals surface area contributed by atoms with Crippen LogP contribution in [0.4, 0.5) is 0 Å². The van der Waals surface area contributed by atoms with E-state index in [4.69, 9.17) is 4.74 Å². The van der Waals surface area contributed by atoms with E-state index < -0.39 is 0 Å². The molecule has 0 aliphatic heterocycles. The molecular formula is C11H25NO. The van der Waals surface area contributed by atoms with E-state index in [1.54, 1.807) is 7.11 Å². The van der Waals surface area contributed by atoms with E-state index in [9.17, 15) is 0 Å². The van der Waals surface area contributed by atoms with E-state index in [0.29, 0.717) is 0 Å². The van der Waals surface area contributed by atoms with Crippen LogP contribution in [0.3, 0.4) is 0 Å². The van der Waals surface area contributed by atoms with E-state index in [-0.39, 0.29) is 0 Å². The topological polar surface area (TPSA) is 21.3 Å². The fraction of sp³-hybridized carbons (Fsp3) is 1.00. The molecule has 0 heterocycles. The first-order chi connectivity index (χ1) is 6.31. The van der Waals surface area contributed by atoms with E-state index in [1.165, 1.54) is 32.2 Å². The summed E-state index contributed by atoms with van der Waals surface area (Å²) in [4.78, 5) is 0. The van der Waals surface area contributed by atoms with Crippen LogP contribution in [-0.2, 0) is 4.74 Å². The van der Waals surface area contributed by atoms with Crippen molar-refractivity contribution in [3.8, 4) is 0 Å². The van der Waals surface area contributed by atoms with Crippen LogP contribution in [0.25, 0.3) is 0 Å². The second-order valence-electron chi connectivity index (χ2n) is 3.81. The SMILES string of the molecule is CCCNCCCCC(C)COC. The van der Waals surface area contributed by atoms with Crippen LogP contribution in [0.5, 0.6) is 0 Å². The molecule has 0 aromatic heterocycles. The third kappa shape index (κ3) is 9.84. The van der Waals surface area contributed by atoms with Gasteiger partial charge >= 0.3 is 0 Å². The number of hydrogen-bond acceptors (Lipinski definition) is 2. The molecule has 0 radical (unpaired) electrons. The molecular weight excluding hydrogens is 162 g/mol. The number of methoxy groups -OCH3 is 1. The van der Waals surface area contributed by atoms with Gasteiger partial charge in [-0.2, -0.15) is 0 Å². The number of nitrogens with one attached hydrogen (secondary N) is 1. The monoisotopic (exact) mass is 187 g/mol. The third-order valence-electron chi connectivity index (χ3n) is 2.18. The Labute approximate surface area is 83.1 Å². The molecule has 0 fully saturated rings. The van der Waals surface area contributed by atoms with Crippen molar-refractivity contribution in [3.63, 3.8) is 0 Å². The van der Waals surface area contributed by atoms with Crippen LogP contribution < -0.4 is 5.32 Å². The van der Waals surface area contributed by atoms with Crippen molar-refractivity contribution in [2.45, 2.75) is 39.5 Å². The summed E-state index contributed by atoms with van der Waals surface area (Å²) in [5.41, 5.74) is 0. The van der Waals surface area contributed by atoms with Crippen LogP contribution in [0, 0.1) is 5.92 Å². The molecule has 1 N–H and O–H groups in total. The summed E-state index contributed by atoms with van der Waals surface area (Å²) in [6, 6.07) is 0. The minimum absolute atomic E-state index is 0.719. The average Bonchev–Trinajstić information content (AvgIpc) is 2.11. The van der Waals surface area contributed by atoms with Gasteiger partial charge in [0.05, 0.1) is 0 Å². The summed E-state index contributed by atoms with van der Waals surface area (Å²) in [6.07, 6.45) is 5.15. The molecule has 80 valence electrons. The van der Waals surface area contributed by atoms with E-state index in [2.05, 4.69) is 19.2 Å². The highest BCUT2D eigenvalue weighted by Gasteiger charge is 1.99. The zero-order valence-electron chi connectivity index (χ0n) is 9.44. The lowest BCUT2D eigenvalue weighted by Gasteiger charge is -2.09. The molecule has 0 rings (SSSR count). The first-order valence-corrected chi connectivity index (χ1v) is 5.50.